The molecule has 1 rings (SSSR count). The Hall–Kier alpha value is -1.76. The molecule has 1 aromatic carbocycles. The van der Waals surface area contributed by atoms with Gasteiger partial charge >= 0.3 is 0 Å². The van der Waals surface area contributed by atoms with Crippen LogP contribution in [0.25, 0.3) is 0 Å². The lowest BCUT2D eigenvalue weighted by molar-refractivity contribution is 0.318. The van der Waals surface area contributed by atoms with Crippen LogP contribution in [0, 0.1) is 0 Å². The first-order valence-corrected chi connectivity index (χ1v) is 7.50. The predicted octanol–water partition coefficient (Wildman–Crippen LogP) is 0.983. The predicted molar refractivity (Wildman–Crippen MR) is 73.4 cm³/mol. The zero-order valence-corrected chi connectivity index (χ0v) is 11.7. The minimum Gasteiger partial charge on any atom is -0.493 e. The van der Waals surface area contributed by atoms with E-state index < -0.39 is 15.1 Å². The molecule has 0 radical (unpaired) electrons. The SMILES string of the molecule is CC(C)S(=O)(=O)CCOc1ccc(/C(N)=N/O)cc1. The van der Waals surface area contributed by atoms with Gasteiger partial charge in [-0.25, -0.2) is 8.42 Å². The normalized spacial score (nSPS) is 12.7. The van der Waals surface area contributed by atoms with E-state index in [0.29, 0.717) is 11.3 Å². The number of hydrogen-bond acceptors (Lipinski definition) is 5. The highest BCUT2D eigenvalue weighted by Crippen LogP contribution is 2.12. The third-order valence-electron chi connectivity index (χ3n) is 2.61. The van der Waals surface area contributed by atoms with E-state index in [1.807, 2.05) is 0 Å². The first-order valence-electron chi connectivity index (χ1n) is 5.79. The topological polar surface area (TPSA) is 102 Å². The first kappa shape index (κ1) is 15.3. The molecule has 0 atom stereocenters. The second-order valence-corrected chi connectivity index (χ2v) is 6.95. The smallest absolute Gasteiger partial charge is 0.170 e. The third kappa shape index (κ3) is 4.44. The highest BCUT2D eigenvalue weighted by atomic mass is 32.2. The lowest BCUT2D eigenvalue weighted by Gasteiger charge is -2.09. The van der Waals surface area contributed by atoms with Crippen molar-refractivity contribution in [2.45, 2.75) is 19.1 Å². The number of sulfone groups is 1. The molecule has 0 saturated carbocycles. The Kier molecular flexibility index (Phi) is 5.17. The van der Waals surface area contributed by atoms with E-state index in [-0.39, 0.29) is 18.2 Å². The number of nitrogens with two attached hydrogens (primary N) is 1. The van der Waals surface area contributed by atoms with Crippen molar-refractivity contribution < 1.29 is 18.4 Å². The van der Waals surface area contributed by atoms with E-state index in [1.54, 1.807) is 38.1 Å². The number of oxime groups is 1. The quantitative estimate of drug-likeness (QED) is 0.351. The van der Waals surface area contributed by atoms with Gasteiger partial charge in [-0.2, -0.15) is 0 Å². The van der Waals surface area contributed by atoms with Gasteiger partial charge in [0.1, 0.15) is 12.4 Å². The summed E-state index contributed by atoms with van der Waals surface area (Å²) in [6.45, 7) is 3.38. The van der Waals surface area contributed by atoms with Crippen LogP contribution in [0.5, 0.6) is 5.75 Å². The van der Waals surface area contributed by atoms with Crippen molar-refractivity contribution in [3.05, 3.63) is 29.8 Å². The van der Waals surface area contributed by atoms with Crippen LogP contribution < -0.4 is 10.5 Å². The minimum absolute atomic E-state index is 0.00827. The van der Waals surface area contributed by atoms with E-state index >= 15 is 0 Å². The molecule has 0 fully saturated rings. The summed E-state index contributed by atoms with van der Waals surface area (Å²) in [6, 6.07) is 6.52. The van der Waals surface area contributed by atoms with Gasteiger partial charge in [0.2, 0.25) is 0 Å². The van der Waals surface area contributed by atoms with Crippen molar-refractivity contribution in [3.63, 3.8) is 0 Å². The summed E-state index contributed by atoms with van der Waals surface area (Å²) in [4.78, 5) is 0. The van der Waals surface area contributed by atoms with Crippen LogP contribution in [0.4, 0.5) is 0 Å². The number of benzene rings is 1. The minimum atomic E-state index is -3.09. The van der Waals surface area contributed by atoms with Crippen LogP contribution >= 0.6 is 0 Å². The van der Waals surface area contributed by atoms with Crippen LogP contribution in [-0.2, 0) is 9.84 Å². The average molecular weight is 286 g/mol. The molecule has 0 saturated heterocycles. The third-order valence-corrected chi connectivity index (χ3v) is 4.78. The Balaban J connectivity index is 2.56. The summed E-state index contributed by atoms with van der Waals surface area (Å²) in [5, 5.41) is 11.0. The Morgan fingerprint density at radius 2 is 1.95 bits per heavy atom. The summed E-state index contributed by atoms with van der Waals surface area (Å²) in [7, 11) is -3.09. The van der Waals surface area contributed by atoms with Crippen molar-refractivity contribution in [1.82, 2.24) is 0 Å². The lowest BCUT2D eigenvalue weighted by Crippen LogP contribution is -2.22. The van der Waals surface area contributed by atoms with Crippen LogP contribution in [0.15, 0.2) is 29.4 Å². The molecule has 0 heterocycles. The molecule has 7 heteroatoms. The molecule has 6 nitrogen and oxygen atoms in total. The number of hydrogen-bond donors (Lipinski definition) is 2. The summed E-state index contributed by atoms with van der Waals surface area (Å²) < 4.78 is 28.5. The maximum Gasteiger partial charge on any atom is 0.170 e. The highest BCUT2D eigenvalue weighted by molar-refractivity contribution is 7.91. The highest BCUT2D eigenvalue weighted by Gasteiger charge is 2.15. The van der Waals surface area contributed by atoms with E-state index in [9.17, 15) is 8.42 Å². The van der Waals surface area contributed by atoms with Crippen molar-refractivity contribution in [2.24, 2.45) is 10.9 Å². The van der Waals surface area contributed by atoms with Crippen LogP contribution in [0.3, 0.4) is 0 Å². The van der Waals surface area contributed by atoms with Crippen molar-refractivity contribution in [3.8, 4) is 5.75 Å². The zero-order chi connectivity index (χ0) is 14.5. The van der Waals surface area contributed by atoms with Gasteiger partial charge < -0.3 is 15.7 Å². The van der Waals surface area contributed by atoms with E-state index in [1.165, 1.54) is 0 Å². The molecule has 1 aromatic rings. The molecular weight excluding hydrogens is 268 g/mol. The second kappa shape index (κ2) is 6.42. The molecule has 106 valence electrons. The summed E-state index contributed by atoms with van der Waals surface area (Å²) >= 11 is 0. The lowest BCUT2D eigenvalue weighted by atomic mass is 10.2. The van der Waals surface area contributed by atoms with Crippen molar-refractivity contribution in [2.75, 3.05) is 12.4 Å². The number of rotatable bonds is 6. The van der Waals surface area contributed by atoms with Gasteiger partial charge in [-0.15, -0.1) is 0 Å². The molecule has 0 bridgehead atoms. The summed E-state index contributed by atoms with van der Waals surface area (Å²) in [5.41, 5.74) is 5.97. The Morgan fingerprint density at radius 3 is 2.42 bits per heavy atom. The van der Waals surface area contributed by atoms with Gasteiger partial charge in [0.25, 0.3) is 0 Å². The molecular formula is C12H18N2O4S. The van der Waals surface area contributed by atoms with Gasteiger partial charge in [0.15, 0.2) is 15.7 Å². The fourth-order valence-corrected chi connectivity index (χ4v) is 2.08. The maximum atomic E-state index is 11.6. The number of amidine groups is 1. The Labute approximate surface area is 112 Å². The molecule has 0 aliphatic rings. The van der Waals surface area contributed by atoms with E-state index in [0.717, 1.165) is 0 Å². The average Bonchev–Trinajstić information content (AvgIpc) is 2.38. The van der Waals surface area contributed by atoms with Crippen LogP contribution in [-0.4, -0.2) is 37.1 Å². The fourth-order valence-electron chi connectivity index (χ4n) is 1.29. The zero-order valence-electron chi connectivity index (χ0n) is 10.9. The standard InChI is InChI=1S/C12H18N2O4S/c1-9(2)19(16,17)8-7-18-11-5-3-10(4-6-11)12(13)14-15/h3-6,9,15H,7-8H2,1-2H3,(H2,13,14). The fraction of sp³-hybridized carbons (Fsp3) is 0.417. The van der Waals surface area contributed by atoms with Crippen molar-refractivity contribution in [1.29, 1.82) is 0 Å². The van der Waals surface area contributed by atoms with Gasteiger partial charge in [-0.05, 0) is 38.1 Å². The maximum absolute atomic E-state index is 11.6. The number of ether oxygens (including phenoxy) is 1. The first-order chi connectivity index (χ1) is 8.86. The monoisotopic (exact) mass is 286 g/mol. The van der Waals surface area contributed by atoms with E-state index in [4.69, 9.17) is 15.7 Å². The van der Waals surface area contributed by atoms with Gasteiger partial charge in [0, 0.05) is 5.56 Å². The molecule has 19 heavy (non-hydrogen) atoms. The van der Waals surface area contributed by atoms with Gasteiger partial charge in [-0.3, -0.25) is 0 Å². The largest absolute Gasteiger partial charge is 0.493 e. The van der Waals surface area contributed by atoms with Crippen molar-refractivity contribution >= 4 is 15.7 Å². The van der Waals surface area contributed by atoms with Crippen LogP contribution in [0.1, 0.15) is 19.4 Å². The molecule has 0 unspecified atom stereocenters. The Morgan fingerprint density at radius 1 is 1.37 bits per heavy atom. The molecule has 0 amide bonds. The van der Waals surface area contributed by atoms with Crippen LogP contribution in [0.2, 0.25) is 0 Å². The number of nitrogens with zero attached hydrogens (tertiary/aromatic N) is 1. The summed E-state index contributed by atoms with van der Waals surface area (Å²) in [6.07, 6.45) is 0. The summed E-state index contributed by atoms with van der Waals surface area (Å²) in [5.74, 6) is 0.523. The van der Waals surface area contributed by atoms with Gasteiger partial charge in [-0.1, -0.05) is 5.16 Å². The second-order valence-electron chi connectivity index (χ2n) is 4.27. The molecule has 0 aliphatic heterocycles. The van der Waals surface area contributed by atoms with Gasteiger partial charge in [0.05, 0.1) is 11.0 Å². The molecule has 0 aliphatic carbocycles. The molecule has 0 spiro atoms. The molecule has 3 N–H and O–H groups in total. The van der Waals surface area contributed by atoms with E-state index in [2.05, 4.69) is 5.16 Å². The molecule has 0 aromatic heterocycles. The Bertz CT molecular complexity index is 535.